The molecule has 0 saturated carbocycles. The molecule has 0 atom stereocenters. The maximum absolute atomic E-state index is 10.3. The van der Waals surface area contributed by atoms with E-state index in [0.717, 1.165) is 55.0 Å². The zero-order chi connectivity index (χ0) is 44.1. The highest BCUT2D eigenvalue weighted by Gasteiger charge is 2.24. The number of nitrogens with zero attached hydrogens (tertiary/aromatic N) is 10. The first kappa shape index (κ1) is 38.0. The zero-order valence-electron chi connectivity index (χ0n) is 33.3. The van der Waals surface area contributed by atoms with Gasteiger partial charge >= 0.3 is 0 Å². The van der Waals surface area contributed by atoms with Crippen molar-refractivity contribution in [1.29, 1.82) is 21.0 Å². The van der Waals surface area contributed by atoms with E-state index in [1.165, 1.54) is 24.3 Å². The highest BCUT2D eigenvalue weighted by atomic mass is 15.0. The molecule has 290 valence electrons. The Labute approximate surface area is 365 Å². The second kappa shape index (κ2) is 15.1. The number of pyridine rings is 1. The Morgan fingerprint density at radius 3 is 1.55 bits per heavy atom. The van der Waals surface area contributed by atoms with Gasteiger partial charge in [-0.1, -0.05) is 48.5 Å². The summed E-state index contributed by atoms with van der Waals surface area (Å²) in [6.07, 6.45) is 1.73. The van der Waals surface area contributed by atoms with Crippen LogP contribution < -0.4 is 0 Å². The van der Waals surface area contributed by atoms with E-state index in [1.807, 2.05) is 109 Å². The summed E-state index contributed by atoms with van der Waals surface area (Å²) < 4.78 is 4.28. The van der Waals surface area contributed by atoms with Crippen LogP contribution in [-0.4, -0.2) is 14.1 Å². The van der Waals surface area contributed by atoms with Gasteiger partial charge in [0.15, 0.2) is 17.1 Å². The molecule has 10 aromatic rings. The number of nitriles is 4. The fourth-order valence-corrected chi connectivity index (χ4v) is 8.88. The van der Waals surface area contributed by atoms with E-state index < -0.39 is 0 Å². The summed E-state index contributed by atoms with van der Waals surface area (Å²) in [7, 11) is 0. The predicted molar refractivity (Wildman–Crippen MR) is 247 cm³/mol. The second-order valence-corrected chi connectivity index (χ2v) is 14.9. The molecule has 0 unspecified atom stereocenters. The molecule has 0 N–H and O–H groups in total. The van der Waals surface area contributed by atoms with Crippen LogP contribution in [0.4, 0.5) is 17.1 Å². The molecule has 0 aliphatic carbocycles. The summed E-state index contributed by atoms with van der Waals surface area (Å²) in [6.45, 7) is 23.3. The zero-order valence-corrected chi connectivity index (χ0v) is 33.3. The molecule has 0 aliphatic rings. The van der Waals surface area contributed by atoms with E-state index in [-0.39, 0.29) is 33.8 Å². The minimum absolute atomic E-state index is 0.218. The lowest BCUT2D eigenvalue weighted by atomic mass is 9.93. The maximum atomic E-state index is 10.3. The maximum Gasteiger partial charge on any atom is 0.189 e. The van der Waals surface area contributed by atoms with Crippen molar-refractivity contribution >= 4 is 60.7 Å². The standard InChI is InChI=1S/C54H24N10/c1-59-38-24-36(30-57)52(37(25-38)31-58)34-15-18-48-41(26-34)39-9-4-6-11-46(39)63(48)50-17-14-32(28-55)21-43(50)54-51(13-8-20-62-54)64-47-12-7-5-10-40(47)42-27-35(16-19-49(42)64)53-44(60-2)22-33(29-56)23-45(53)61-3/h4-27H. The molecule has 10 nitrogen and oxygen atoms in total. The molecule has 10 heteroatoms. The summed E-state index contributed by atoms with van der Waals surface area (Å²) in [6, 6.07) is 51.9. The molecule has 3 heterocycles. The first-order chi connectivity index (χ1) is 31.4. The number of fused-ring (bicyclic) bond motifs is 6. The van der Waals surface area contributed by atoms with Crippen molar-refractivity contribution in [3.8, 4) is 69.2 Å². The third kappa shape index (κ3) is 5.78. The van der Waals surface area contributed by atoms with Gasteiger partial charge in [-0.3, -0.25) is 4.98 Å². The predicted octanol–water partition coefficient (Wildman–Crippen LogP) is 13.4. The van der Waals surface area contributed by atoms with Crippen LogP contribution in [0.3, 0.4) is 0 Å². The third-order valence-corrected chi connectivity index (χ3v) is 11.5. The van der Waals surface area contributed by atoms with Gasteiger partial charge in [0.25, 0.3) is 0 Å². The number of benzene rings is 7. The average Bonchev–Trinajstić information content (AvgIpc) is 3.87. The molecule has 10 rings (SSSR count). The molecular formula is C54H24N10. The van der Waals surface area contributed by atoms with Crippen LogP contribution in [0, 0.1) is 65.0 Å². The molecule has 0 amide bonds. The van der Waals surface area contributed by atoms with Gasteiger partial charge in [0.1, 0.15) is 0 Å². The molecule has 0 spiro atoms. The van der Waals surface area contributed by atoms with Gasteiger partial charge in [-0.05, 0) is 108 Å². The smallest absolute Gasteiger partial charge is 0.189 e. The lowest BCUT2D eigenvalue weighted by molar-refractivity contribution is 1.13. The van der Waals surface area contributed by atoms with Crippen LogP contribution in [0.5, 0.6) is 0 Å². The number of para-hydroxylation sites is 2. The Balaban J connectivity index is 1.22. The van der Waals surface area contributed by atoms with E-state index in [0.29, 0.717) is 39.1 Å². The Kier molecular flexibility index (Phi) is 8.94. The number of hydrogen-bond acceptors (Lipinski definition) is 5. The minimum atomic E-state index is 0.218. The minimum Gasteiger partial charge on any atom is -0.309 e. The molecule has 64 heavy (non-hydrogen) atoms. The SMILES string of the molecule is [C-]#[N+]c1cc(C#N)c(-c2ccc3c(c2)c2ccccc2n3-c2ccc(C#N)cc2-c2ncccc2-n2c3ccccc3c3cc(-c4c([N+]#[C-])cc(C#N)cc4[N+]#[C-])ccc32)c(C#N)c1. The molecule has 0 bridgehead atoms. The second-order valence-electron chi connectivity index (χ2n) is 14.9. The average molecular weight is 813 g/mol. The van der Waals surface area contributed by atoms with Gasteiger partial charge in [0.05, 0.1) is 99.8 Å². The highest BCUT2D eigenvalue weighted by molar-refractivity contribution is 6.13. The summed E-state index contributed by atoms with van der Waals surface area (Å²) >= 11 is 0. The Bertz CT molecular complexity index is 3930. The summed E-state index contributed by atoms with van der Waals surface area (Å²) in [5, 5.41) is 43.8. The highest BCUT2D eigenvalue weighted by Crippen LogP contribution is 2.45. The van der Waals surface area contributed by atoms with Crippen LogP contribution in [0.15, 0.2) is 146 Å². The van der Waals surface area contributed by atoms with Crippen molar-refractivity contribution in [2.75, 3.05) is 0 Å². The monoisotopic (exact) mass is 812 g/mol. The van der Waals surface area contributed by atoms with Gasteiger partial charge < -0.3 is 9.13 Å². The van der Waals surface area contributed by atoms with Crippen molar-refractivity contribution < 1.29 is 0 Å². The number of aromatic nitrogens is 3. The van der Waals surface area contributed by atoms with Gasteiger partial charge in [0.2, 0.25) is 0 Å². The molecule has 0 radical (unpaired) electrons. The molecule has 7 aromatic carbocycles. The van der Waals surface area contributed by atoms with Gasteiger partial charge in [0, 0.05) is 44.4 Å². The lowest BCUT2D eigenvalue weighted by Gasteiger charge is -2.18. The first-order valence-electron chi connectivity index (χ1n) is 19.7. The molecular weight excluding hydrogens is 789 g/mol. The largest absolute Gasteiger partial charge is 0.309 e. The van der Waals surface area contributed by atoms with Crippen molar-refractivity contribution in [2.45, 2.75) is 0 Å². The molecule has 0 fully saturated rings. The van der Waals surface area contributed by atoms with E-state index in [4.69, 9.17) is 24.7 Å². The Morgan fingerprint density at radius 1 is 0.453 bits per heavy atom. The summed E-state index contributed by atoms with van der Waals surface area (Å²) in [5.74, 6) is 0. The topological polar surface area (TPSA) is 131 Å². The summed E-state index contributed by atoms with van der Waals surface area (Å²) in [5.41, 5.74) is 10.4. The first-order valence-corrected chi connectivity index (χ1v) is 19.7. The molecule has 3 aromatic heterocycles. The Hall–Kier alpha value is -10.3. The van der Waals surface area contributed by atoms with Gasteiger partial charge in [-0.25, -0.2) is 14.5 Å². The van der Waals surface area contributed by atoms with E-state index >= 15 is 0 Å². The van der Waals surface area contributed by atoms with E-state index in [1.54, 1.807) is 12.3 Å². The molecule has 0 saturated heterocycles. The van der Waals surface area contributed by atoms with Gasteiger partial charge in [-0.2, -0.15) is 21.0 Å². The van der Waals surface area contributed by atoms with Crippen molar-refractivity contribution in [3.63, 3.8) is 0 Å². The normalized spacial score (nSPS) is 10.7. The number of hydrogen-bond donors (Lipinski definition) is 0. The third-order valence-electron chi connectivity index (χ3n) is 11.5. The number of rotatable bonds is 5. The fraction of sp³-hybridized carbons (Fsp3) is 0. The fourth-order valence-electron chi connectivity index (χ4n) is 8.88. The van der Waals surface area contributed by atoms with Gasteiger partial charge in [-0.15, -0.1) is 0 Å². The van der Waals surface area contributed by atoms with Crippen molar-refractivity contribution in [3.05, 3.63) is 202 Å². The van der Waals surface area contributed by atoms with Crippen LogP contribution in [0.25, 0.3) is 103 Å². The van der Waals surface area contributed by atoms with Crippen LogP contribution >= 0.6 is 0 Å². The van der Waals surface area contributed by atoms with Crippen LogP contribution in [-0.2, 0) is 0 Å². The van der Waals surface area contributed by atoms with E-state index in [2.05, 4.69) is 47.9 Å². The molecule has 0 aliphatic heterocycles. The Morgan fingerprint density at radius 2 is 1.00 bits per heavy atom. The lowest BCUT2D eigenvalue weighted by Crippen LogP contribution is -2.03. The van der Waals surface area contributed by atoms with E-state index in [9.17, 15) is 21.0 Å². The van der Waals surface area contributed by atoms with Crippen LogP contribution in [0.1, 0.15) is 22.3 Å². The summed E-state index contributed by atoms with van der Waals surface area (Å²) in [4.78, 5) is 15.9. The van der Waals surface area contributed by atoms with Crippen LogP contribution in [0.2, 0.25) is 0 Å². The van der Waals surface area contributed by atoms with Crippen molar-refractivity contribution in [1.82, 2.24) is 14.1 Å². The van der Waals surface area contributed by atoms with Crippen molar-refractivity contribution in [2.24, 2.45) is 0 Å². The quantitative estimate of drug-likeness (QED) is 0.160.